The highest BCUT2D eigenvalue weighted by molar-refractivity contribution is 7.94. The minimum atomic E-state index is -4.41. The first kappa shape index (κ1) is 38.1. The van der Waals surface area contributed by atoms with Gasteiger partial charge in [-0.2, -0.15) is 4.33 Å². The molecule has 0 aromatic heterocycles. The molecule has 1 aromatic carbocycles. The van der Waals surface area contributed by atoms with Crippen LogP contribution in [0.15, 0.2) is 65.5 Å². The van der Waals surface area contributed by atoms with Crippen LogP contribution < -0.4 is 10.2 Å². The molecule has 0 aliphatic heterocycles. The number of carboxylic acid groups (broad SMARTS) is 1. The van der Waals surface area contributed by atoms with E-state index in [1.165, 1.54) is 0 Å². The maximum atomic E-state index is 13.2. The Morgan fingerprint density at radius 2 is 1.47 bits per heavy atom. The molecule has 18 heteroatoms. The summed E-state index contributed by atoms with van der Waals surface area (Å²) in [6.45, 7) is 1.17. The zero-order chi connectivity index (χ0) is 34.6. The number of Topliss-reactive ketones (excluding diaryl/α,β-unsaturated/α-hetero) is 1. The summed E-state index contributed by atoms with van der Waals surface area (Å²) in [5.41, 5.74) is 2.40. The van der Waals surface area contributed by atoms with E-state index in [4.69, 9.17) is 5.11 Å². The van der Waals surface area contributed by atoms with Crippen molar-refractivity contribution in [1.29, 1.82) is 0 Å². The van der Waals surface area contributed by atoms with E-state index >= 15 is 0 Å². The molecule has 0 saturated carbocycles. The Morgan fingerprint density at radius 1 is 0.872 bits per heavy atom. The second kappa shape index (κ2) is 17.7. The largest absolute Gasteiger partial charge is 0.748 e. The highest BCUT2D eigenvalue weighted by Crippen LogP contribution is 2.39. The van der Waals surface area contributed by atoms with Gasteiger partial charge in [-0.15, -0.1) is 0 Å². The molecule has 0 radical (unpaired) electrons. The van der Waals surface area contributed by atoms with Gasteiger partial charge in [-0.3, -0.25) is 14.6 Å². The number of carboxylic acids is 1. The van der Waals surface area contributed by atoms with Gasteiger partial charge in [-0.25, -0.2) is 21.4 Å². The van der Waals surface area contributed by atoms with Crippen LogP contribution >= 0.6 is 12.0 Å². The highest BCUT2D eigenvalue weighted by Gasteiger charge is 2.36. The molecular formula is C29H34N2O13S3-2. The molecule has 0 amide bonds. The lowest BCUT2D eigenvalue weighted by Crippen LogP contribution is -2.28. The smallest absolute Gasteiger partial charge is 0.303 e. The van der Waals surface area contributed by atoms with Crippen LogP contribution in [0, 0.1) is 0 Å². The van der Waals surface area contributed by atoms with Crippen molar-refractivity contribution >= 4 is 61.0 Å². The third-order valence-electron chi connectivity index (χ3n) is 7.16. The average molecular weight is 715 g/mol. The molecule has 0 unspecified atom stereocenters. The summed E-state index contributed by atoms with van der Waals surface area (Å²) in [6.07, 6.45) is 7.52. The zero-order valence-corrected chi connectivity index (χ0v) is 27.6. The van der Waals surface area contributed by atoms with E-state index in [-0.39, 0.29) is 55.7 Å². The van der Waals surface area contributed by atoms with Crippen molar-refractivity contribution in [3.63, 3.8) is 0 Å². The minimum Gasteiger partial charge on any atom is -0.748 e. The molecule has 0 saturated heterocycles. The summed E-state index contributed by atoms with van der Waals surface area (Å²) in [5, 5.41) is 33.1. The third kappa shape index (κ3) is 12.3. The Hall–Kier alpha value is -3.36. The van der Waals surface area contributed by atoms with Crippen molar-refractivity contribution in [2.45, 2.75) is 32.1 Å². The van der Waals surface area contributed by atoms with Gasteiger partial charge in [0.15, 0.2) is 5.71 Å². The quantitative estimate of drug-likeness (QED) is 0.0367. The number of aliphatic hydroxyl groups is 1. The Morgan fingerprint density at radius 3 is 2.04 bits per heavy atom. The average Bonchev–Trinajstić information content (AvgIpc) is 2.99. The number of aliphatic carboxylic acids is 1. The number of carbonyl (C=O) groups is 2. The van der Waals surface area contributed by atoms with Crippen LogP contribution in [0.4, 0.5) is 5.69 Å². The normalized spacial score (nSPS) is 15.0. The Kier molecular flexibility index (Phi) is 14.3. The lowest BCUT2D eigenvalue weighted by molar-refractivity contribution is -0.777. The van der Waals surface area contributed by atoms with Crippen molar-refractivity contribution in [1.82, 2.24) is 0 Å². The maximum Gasteiger partial charge on any atom is 0.303 e. The first-order valence-corrected chi connectivity index (χ1v) is 18.5. The molecule has 2 aliphatic carbocycles. The fraction of sp³-hybridized carbons (Fsp3) is 0.414. The summed E-state index contributed by atoms with van der Waals surface area (Å²) in [4.78, 5) is 25.9. The standard InChI is InChI=1S/C29H36N2O13S3/c32-25(33)5-1-14-30(16-3-19-46(37,38)39)23-10-6-21(7-11-23)26-28(34)27(29(26)35)22-8-12-24(13-9-22)31(15-2-18-45-44-43-36)17-4-20-47(40,41)42/h6-13H,1-5,14-20H2,(H4-,32,33,34,35,36,37,38,39,40,41,42)/p-2. The SMILES string of the molecule is O=C(O)CCCN(CCCS(=O)(=O)[O-])c1ccc(C2=C(O)C(=C3C=CC(=[N+](CCCSOO[O-])CCCS(=O)(=O)[O-])C=C3)C2=O)cc1. The highest BCUT2D eigenvalue weighted by atomic mass is 32.2. The molecule has 0 spiro atoms. The summed E-state index contributed by atoms with van der Waals surface area (Å²) in [6, 6.07) is 6.54. The van der Waals surface area contributed by atoms with Crippen molar-refractivity contribution in [2.75, 3.05) is 48.3 Å². The number of hydrogen-bond donors (Lipinski definition) is 2. The predicted molar refractivity (Wildman–Crippen MR) is 168 cm³/mol. The van der Waals surface area contributed by atoms with E-state index in [9.17, 15) is 45.9 Å². The molecule has 258 valence electrons. The predicted octanol–water partition coefficient (Wildman–Crippen LogP) is 1.22. The van der Waals surface area contributed by atoms with Crippen LogP contribution in [-0.2, 0) is 39.2 Å². The topological polar surface area (TPSA) is 237 Å². The number of rotatable bonds is 20. The molecule has 2 aliphatic rings. The Labute approximate surface area is 276 Å². The lowest BCUT2D eigenvalue weighted by Gasteiger charge is -2.27. The fourth-order valence-electron chi connectivity index (χ4n) is 5.01. The number of nitrogens with zero attached hydrogens (tertiary/aromatic N) is 2. The van der Waals surface area contributed by atoms with Crippen molar-refractivity contribution < 1.29 is 64.9 Å². The lowest BCUT2D eigenvalue weighted by atomic mass is 9.80. The second-order valence-corrected chi connectivity index (χ2v) is 14.4. The molecule has 3 rings (SSSR count). The van der Waals surface area contributed by atoms with Gasteiger partial charge in [-0.05, 0) is 48.3 Å². The van der Waals surface area contributed by atoms with Gasteiger partial charge in [0.05, 0.1) is 31.4 Å². The summed E-state index contributed by atoms with van der Waals surface area (Å²) < 4.78 is 72.3. The van der Waals surface area contributed by atoms with Crippen molar-refractivity contribution in [2.24, 2.45) is 0 Å². The molecule has 0 bridgehead atoms. The Balaban J connectivity index is 1.77. The van der Waals surface area contributed by atoms with E-state index in [2.05, 4.69) is 9.37 Å². The number of hydrogen-bond acceptors (Lipinski definition) is 14. The van der Waals surface area contributed by atoms with Gasteiger partial charge >= 0.3 is 5.97 Å². The van der Waals surface area contributed by atoms with E-state index in [1.54, 1.807) is 53.5 Å². The van der Waals surface area contributed by atoms with Gasteiger partial charge in [0.2, 0.25) is 5.78 Å². The number of ketones is 1. The van der Waals surface area contributed by atoms with Crippen molar-refractivity contribution in [3.8, 4) is 0 Å². The molecular weight excluding hydrogens is 681 g/mol. The number of carbonyl (C=O) groups excluding carboxylic acids is 1. The third-order valence-corrected chi connectivity index (χ3v) is 9.35. The molecule has 1 aromatic rings. The van der Waals surface area contributed by atoms with Crippen LogP contribution in [-0.4, -0.2) is 102 Å². The number of benzene rings is 1. The van der Waals surface area contributed by atoms with E-state index in [0.717, 1.165) is 12.0 Å². The molecule has 0 heterocycles. The van der Waals surface area contributed by atoms with Gasteiger partial charge in [0, 0.05) is 79.5 Å². The van der Waals surface area contributed by atoms with E-state index in [0.29, 0.717) is 47.8 Å². The van der Waals surface area contributed by atoms with Crippen LogP contribution in [0.25, 0.3) is 5.57 Å². The first-order valence-electron chi connectivity index (χ1n) is 14.4. The first-order chi connectivity index (χ1) is 22.2. The number of aliphatic hydroxyl groups excluding tert-OH is 1. The molecule has 15 nitrogen and oxygen atoms in total. The zero-order valence-electron chi connectivity index (χ0n) is 25.1. The molecule has 47 heavy (non-hydrogen) atoms. The number of anilines is 1. The minimum absolute atomic E-state index is 0.0496. The van der Waals surface area contributed by atoms with E-state index < -0.39 is 43.5 Å². The van der Waals surface area contributed by atoms with Gasteiger partial charge in [-0.1, -0.05) is 12.1 Å². The summed E-state index contributed by atoms with van der Waals surface area (Å²) in [7, 11) is -8.80. The number of allylic oxidation sites excluding steroid dienone is 7. The van der Waals surface area contributed by atoms with Gasteiger partial charge < -0.3 is 29.5 Å². The van der Waals surface area contributed by atoms with Gasteiger partial charge in [0.1, 0.15) is 18.8 Å². The second-order valence-electron chi connectivity index (χ2n) is 10.5. The van der Waals surface area contributed by atoms with Crippen LogP contribution in [0.1, 0.15) is 37.7 Å². The summed E-state index contributed by atoms with van der Waals surface area (Å²) in [5.74, 6) is -2.27. The monoisotopic (exact) mass is 714 g/mol. The van der Waals surface area contributed by atoms with Gasteiger partial charge in [0.25, 0.3) is 0 Å². The fourth-order valence-corrected chi connectivity index (χ4v) is 6.33. The van der Waals surface area contributed by atoms with Crippen molar-refractivity contribution in [3.05, 3.63) is 71.0 Å². The van der Waals surface area contributed by atoms with Crippen LogP contribution in [0.3, 0.4) is 0 Å². The molecule has 2 N–H and O–H groups in total. The Bertz CT molecular complexity index is 1660. The summed E-state index contributed by atoms with van der Waals surface area (Å²) >= 11 is 0.811. The van der Waals surface area contributed by atoms with E-state index in [1.807, 2.05) is 4.58 Å². The maximum absolute atomic E-state index is 13.2. The van der Waals surface area contributed by atoms with Crippen LogP contribution in [0.2, 0.25) is 0 Å². The van der Waals surface area contributed by atoms with Crippen LogP contribution in [0.5, 0.6) is 0 Å². The molecule has 0 fully saturated rings. The molecule has 0 atom stereocenters.